The Hall–Kier alpha value is -2.25. The van der Waals surface area contributed by atoms with Crippen LogP contribution in [0.5, 0.6) is 11.5 Å². The lowest BCUT2D eigenvalue weighted by atomic mass is 10.2. The Bertz CT molecular complexity index is 659. The molecule has 1 aromatic carbocycles. The number of rotatable bonds is 7. The summed E-state index contributed by atoms with van der Waals surface area (Å²) in [5.41, 5.74) is 0.604. The molecule has 3 N–H and O–H groups in total. The standard InChI is InChI=1S/C17H23N3O3S/c1-20(2)13(15-8-5-9-24-15)11-19-17(22)18-10-12-6-4-7-14(23-3)16(12)21/h4-9,13,21H,10-11H2,1-3H3,(H2,18,19,22)/t13-/m1/s1. The lowest BCUT2D eigenvalue weighted by molar-refractivity contribution is 0.233. The number of urea groups is 1. The number of amides is 2. The van der Waals surface area contributed by atoms with Gasteiger partial charge in [0.05, 0.1) is 13.2 Å². The molecule has 0 unspecified atom stereocenters. The van der Waals surface area contributed by atoms with Crippen LogP contribution in [-0.2, 0) is 6.54 Å². The first kappa shape index (κ1) is 18.1. The second kappa shape index (κ2) is 8.56. The van der Waals surface area contributed by atoms with Crippen molar-refractivity contribution in [2.24, 2.45) is 0 Å². The smallest absolute Gasteiger partial charge is 0.315 e. The lowest BCUT2D eigenvalue weighted by Crippen LogP contribution is -2.40. The third-order valence-corrected chi connectivity index (χ3v) is 4.67. The van der Waals surface area contributed by atoms with Gasteiger partial charge in [0.25, 0.3) is 0 Å². The van der Waals surface area contributed by atoms with Gasteiger partial charge in [0.15, 0.2) is 11.5 Å². The number of phenols is 1. The van der Waals surface area contributed by atoms with Gasteiger partial charge in [0, 0.05) is 23.5 Å². The van der Waals surface area contributed by atoms with Crippen LogP contribution in [0.25, 0.3) is 0 Å². The fourth-order valence-corrected chi connectivity index (χ4v) is 3.24. The van der Waals surface area contributed by atoms with Crippen LogP contribution in [0.3, 0.4) is 0 Å². The van der Waals surface area contributed by atoms with Gasteiger partial charge in [-0.05, 0) is 31.6 Å². The maximum atomic E-state index is 12.0. The van der Waals surface area contributed by atoms with Crippen LogP contribution < -0.4 is 15.4 Å². The number of hydrogen-bond acceptors (Lipinski definition) is 5. The Labute approximate surface area is 146 Å². The van der Waals surface area contributed by atoms with Crippen LogP contribution in [0.1, 0.15) is 16.5 Å². The Kier molecular flexibility index (Phi) is 6.45. The molecule has 0 saturated carbocycles. The molecule has 2 aromatic rings. The number of hydrogen-bond donors (Lipinski definition) is 3. The fraction of sp³-hybridized carbons (Fsp3) is 0.353. The number of likely N-dealkylation sites (N-methyl/N-ethyl adjacent to an activating group) is 1. The largest absolute Gasteiger partial charge is 0.504 e. The van der Waals surface area contributed by atoms with Gasteiger partial charge < -0.3 is 25.4 Å². The van der Waals surface area contributed by atoms with Gasteiger partial charge in [0.1, 0.15) is 0 Å². The molecule has 2 amide bonds. The zero-order chi connectivity index (χ0) is 17.5. The van der Waals surface area contributed by atoms with E-state index in [1.807, 2.05) is 25.5 Å². The minimum Gasteiger partial charge on any atom is -0.504 e. The Morgan fingerprint density at radius 1 is 1.29 bits per heavy atom. The number of nitrogens with one attached hydrogen (secondary N) is 2. The van der Waals surface area contributed by atoms with Crippen molar-refractivity contribution in [2.75, 3.05) is 27.7 Å². The lowest BCUT2D eigenvalue weighted by Gasteiger charge is -2.23. The highest BCUT2D eigenvalue weighted by atomic mass is 32.1. The third-order valence-electron chi connectivity index (χ3n) is 3.69. The minimum absolute atomic E-state index is 0.0463. The van der Waals surface area contributed by atoms with E-state index in [0.29, 0.717) is 17.9 Å². The van der Waals surface area contributed by atoms with Crippen molar-refractivity contribution < 1.29 is 14.6 Å². The highest BCUT2D eigenvalue weighted by Gasteiger charge is 2.16. The Morgan fingerprint density at radius 3 is 2.71 bits per heavy atom. The SMILES string of the molecule is COc1cccc(CNC(=O)NC[C@H](c2cccs2)N(C)C)c1O. The molecule has 0 aliphatic carbocycles. The van der Waals surface area contributed by atoms with E-state index in [2.05, 4.69) is 21.6 Å². The summed E-state index contributed by atoms with van der Waals surface area (Å²) in [6.07, 6.45) is 0. The van der Waals surface area contributed by atoms with E-state index in [1.165, 1.54) is 12.0 Å². The summed E-state index contributed by atoms with van der Waals surface area (Å²) in [6, 6.07) is 9.09. The van der Waals surface area contributed by atoms with Crippen molar-refractivity contribution in [3.05, 3.63) is 46.2 Å². The molecule has 0 bridgehead atoms. The van der Waals surface area contributed by atoms with E-state index < -0.39 is 0 Å². The van der Waals surface area contributed by atoms with Crippen molar-refractivity contribution in [1.82, 2.24) is 15.5 Å². The molecule has 0 aliphatic heterocycles. The van der Waals surface area contributed by atoms with Crippen LogP contribution in [0.2, 0.25) is 0 Å². The van der Waals surface area contributed by atoms with E-state index in [9.17, 15) is 9.90 Å². The highest BCUT2D eigenvalue weighted by molar-refractivity contribution is 7.10. The fourth-order valence-electron chi connectivity index (χ4n) is 2.32. The molecule has 1 atom stereocenters. The van der Waals surface area contributed by atoms with E-state index in [0.717, 1.165) is 0 Å². The average molecular weight is 349 g/mol. The van der Waals surface area contributed by atoms with Crippen molar-refractivity contribution >= 4 is 17.4 Å². The highest BCUT2D eigenvalue weighted by Crippen LogP contribution is 2.29. The Morgan fingerprint density at radius 2 is 2.08 bits per heavy atom. The number of nitrogens with zero attached hydrogens (tertiary/aromatic N) is 1. The van der Waals surface area contributed by atoms with Gasteiger partial charge in [-0.25, -0.2) is 4.79 Å². The quantitative estimate of drug-likeness (QED) is 0.718. The van der Waals surface area contributed by atoms with Gasteiger partial charge in [-0.1, -0.05) is 18.2 Å². The molecule has 1 aromatic heterocycles. The van der Waals surface area contributed by atoms with Gasteiger partial charge in [-0.3, -0.25) is 0 Å². The summed E-state index contributed by atoms with van der Waals surface area (Å²) in [7, 11) is 5.46. The van der Waals surface area contributed by atoms with E-state index in [1.54, 1.807) is 29.5 Å². The second-order valence-corrected chi connectivity index (χ2v) is 6.51. The maximum absolute atomic E-state index is 12.0. The molecule has 130 valence electrons. The normalized spacial score (nSPS) is 12.0. The number of aromatic hydroxyl groups is 1. The first-order valence-electron chi connectivity index (χ1n) is 7.59. The van der Waals surface area contributed by atoms with E-state index in [4.69, 9.17) is 4.74 Å². The maximum Gasteiger partial charge on any atom is 0.315 e. The summed E-state index contributed by atoms with van der Waals surface area (Å²) >= 11 is 1.67. The van der Waals surface area contributed by atoms with Crippen LogP contribution in [-0.4, -0.2) is 43.8 Å². The van der Waals surface area contributed by atoms with E-state index >= 15 is 0 Å². The van der Waals surface area contributed by atoms with Crippen molar-refractivity contribution in [1.29, 1.82) is 0 Å². The molecular weight excluding hydrogens is 326 g/mol. The van der Waals surface area contributed by atoms with Crippen LogP contribution in [0.4, 0.5) is 4.79 Å². The number of para-hydroxylation sites is 1. The molecular formula is C17H23N3O3S. The third kappa shape index (κ3) is 4.62. The molecule has 24 heavy (non-hydrogen) atoms. The van der Waals surface area contributed by atoms with Gasteiger partial charge >= 0.3 is 6.03 Å². The van der Waals surface area contributed by atoms with Crippen LogP contribution in [0.15, 0.2) is 35.7 Å². The Balaban J connectivity index is 1.87. The average Bonchev–Trinajstić information content (AvgIpc) is 3.08. The van der Waals surface area contributed by atoms with Crippen molar-refractivity contribution in [3.63, 3.8) is 0 Å². The number of carbonyl (C=O) groups excluding carboxylic acids is 1. The zero-order valence-electron chi connectivity index (χ0n) is 14.1. The summed E-state index contributed by atoms with van der Waals surface area (Å²) < 4.78 is 5.06. The zero-order valence-corrected chi connectivity index (χ0v) is 14.9. The van der Waals surface area contributed by atoms with Crippen LogP contribution in [0, 0.1) is 0 Å². The molecule has 7 heteroatoms. The second-order valence-electron chi connectivity index (χ2n) is 5.53. The molecule has 0 aliphatic rings. The number of thiophene rings is 1. The number of phenolic OH excluding ortho intramolecular Hbond substituents is 1. The molecule has 0 fully saturated rings. The van der Waals surface area contributed by atoms with E-state index in [-0.39, 0.29) is 24.4 Å². The van der Waals surface area contributed by atoms with Gasteiger partial charge in [0.2, 0.25) is 0 Å². The predicted octanol–water partition coefficient (Wildman–Crippen LogP) is 2.56. The number of benzene rings is 1. The minimum atomic E-state index is -0.277. The molecule has 0 saturated heterocycles. The molecule has 0 spiro atoms. The monoisotopic (exact) mass is 349 g/mol. The molecule has 2 rings (SSSR count). The first-order chi connectivity index (χ1) is 11.5. The summed E-state index contributed by atoms with van der Waals surface area (Å²) in [6.45, 7) is 0.726. The van der Waals surface area contributed by atoms with Crippen molar-refractivity contribution in [3.8, 4) is 11.5 Å². The number of carbonyl (C=O) groups is 1. The first-order valence-corrected chi connectivity index (χ1v) is 8.47. The topological polar surface area (TPSA) is 73.8 Å². The van der Waals surface area contributed by atoms with Crippen molar-refractivity contribution in [2.45, 2.75) is 12.6 Å². The van der Waals surface area contributed by atoms with Gasteiger partial charge in [-0.15, -0.1) is 11.3 Å². The molecule has 1 heterocycles. The summed E-state index contributed by atoms with van der Waals surface area (Å²) in [5, 5.41) is 17.7. The predicted molar refractivity (Wildman–Crippen MR) is 95.6 cm³/mol. The summed E-state index contributed by atoms with van der Waals surface area (Å²) in [4.78, 5) is 15.3. The number of ether oxygens (including phenoxy) is 1. The number of methoxy groups -OCH3 is 1. The van der Waals surface area contributed by atoms with Crippen LogP contribution >= 0.6 is 11.3 Å². The molecule has 6 nitrogen and oxygen atoms in total. The molecule has 0 radical (unpaired) electrons. The summed E-state index contributed by atoms with van der Waals surface area (Å²) in [5.74, 6) is 0.435. The van der Waals surface area contributed by atoms with Gasteiger partial charge in [-0.2, -0.15) is 0 Å².